The van der Waals surface area contributed by atoms with Crippen LogP contribution in [0.2, 0.25) is 5.02 Å². The van der Waals surface area contributed by atoms with E-state index in [1.165, 1.54) is 17.2 Å². The summed E-state index contributed by atoms with van der Waals surface area (Å²) in [6.45, 7) is 5.64. The molecule has 0 amide bonds. The Balaban J connectivity index is 0.00000100. The molecule has 0 saturated heterocycles. The number of carboxylic acids is 1. The quantitative estimate of drug-likeness (QED) is 0.762. The van der Waals surface area contributed by atoms with E-state index in [0.29, 0.717) is 17.9 Å². The SMILES string of the molecule is C=O.CC(=O)C1(C)CCC2=C(Cc3c(C(=O)O)cc(Cl)c(Br)c32)C1. The van der Waals surface area contributed by atoms with Crippen LogP contribution in [-0.4, -0.2) is 23.6 Å². The van der Waals surface area contributed by atoms with Crippen molar-refractivity contribution in [1.29, 1.82) is 0 Å². The second kappa shape index (κ2) is 6.81. The highest BCUT2D eigenvalue weighted by Crippen LogP contribution is 2.52. The van der Waals surface area contributed by atoms with Gasteiger partial charge in [-0.3, -0.25) is 4.79 Å². The standard InChI is InChI=1S/C17H16BrClO3.CH2O/c1-8(20)17(2)4-3-10-9(7-17)5-11-12(16(21)22)6-13(19)15(18)14(10)11;1-2/h6H,3-5,7H2,1-2H3,(H,21,22);1H2. The third-order valence-electron chi connectivity index (χ3n) is 5.06. The van der Waals surface area contributed by atoms with Gasteiger partial charge in [0.05, 0.1) is 10.6 Å². The van der Waals surface area contributed by atoms with Gasteiger partial charge in [-0.1, -0.05) is 24.1 Å². The molecule has 24 heavy (non-hydrogen) atoms. The lowest BCUT2D eigenvalue weighted by atomic mass is 9.71. The van der Waals surface area contributed by atoms with Crippen LogP contribution in [0.5, 0.6) is 0 Å². The summed E-state index contributed by atoms with van der Waals surface area (Å²) in [5.74, 6) is -0.759. The van der Waals surface area contributed by atoms with Gasteiger partial charge in [0.25, 0.3) is 0 Å². The molecule has 1 aromatic carbocycles. The fourth-order valence-corrected chi connectivity index (χ4v) is 4.38. The fourth-order valence-electron chi connectivity index (χ4n) is 3.58. The number of hydrogen-bond donors (Lipinski definition) is 1. The number of Topliss-reactive ketones (excluding diaryl/α,β-unsaturated/α-hetero) is 1. The third kappa shape index (κ3) is 2.95. The van der Waals surface area contributed by atoms with Crippen LogP contribution in [0.4, 0.5) is 0 Å². The average Bonchev–Trinajstić information content (AvgIpc) is 2.90. The predicted octanol–water partition coefficient (Wildman–Crippen LogP) is 4.70. The molecule has 1 unspecified atom stereocenters. The van der Waals surface area contributed by atoms with Crippen molar-refractivity contribution in [2.45, 2.75) is 39.5 Å². The number of halogens is 2. The number of hydrogen-bond acceptors (Lipinski definition) is 3. The number of carbonyl (C=O) groups is 3. The Kier molecular flexibility index (Phi) is 5.35. The molecule has 2 aliphatic rings. The number of carboxylic acid groups (broad SMARTS) is 1. The molecular formula is C18H18BrClO4. The van der Waals surface area contributed by atoms with Crippen LogP contribution >= 0.6 is 27.5 Å². The lowest BCUT2D eigenvalue weighted by molar-refractivity contribution is -0.126. The first-order valence-corrected chi connectivity index (χ1v) is 8.67. The minimum atomic E-state index is -0.958. The second-order valence-corrected chi connectivity index (χ2v) is 7.63. The van der Waals surface area contributed by atoms with Gasteiger partial charge >= 0.3 is 5.97 Å². The summed E-state index contributed by atoms with van der Waals surface area (Å²) in [6, 6.07) is 1.51. The molecule has 0 heterocycles. The van der Waals surface area contributed by atoms with Gasteiger partial charge in [0, 0.05) is 9.89 Å². The molecule has 0 saturated carbocycles. The molecular weight excluding hydrogens is 396 g/mol. The smallest absolute Gasteiger partial charge is 0.336 e. The van der Waals surface area contributed by atoms with Gasteiger partial charge < -0.3 is 9.90 Å². The maximum absolute atomic E-state index is 11.9. The van der Waals surface area contributed by atoms with E-state index in [9.17, 15) is 14.7 Å². The topological polar surface area (TPSA) is 71.4 Å². The van der Waals surface area contributed by atoms with Crippen LogP contribution in [0.1, 0.15) is 54.6 Å². The van der Waals surface area contributed by atoms with E-state index in [1.807, 2.05) is 13.7 Å². The fraction of sp³-hybridized carbons (Fsp3) is 0.389. The van der Waals surface area contributed by atoms with Crippen LogP contribution in [0.15, 0.2) is 16.1 Å². The highest BCUT2D eigenvalue weighted by Gasteiger charge is 2.40. The Hall–Kier alpha value is -1.46. The van der Waals surface area contributed by atoms with Crippen LogP contribution in [0.25, 0.3) is 5.57 Å². The van der Waals surface area contributed by atoms with Gasteiger partial charge in [-0.25, -0.2) is 4.79 Å². The molecule has 1 aromatic rings. The summed E-state index contributed by atoms with van der Waals surface area (Å²) in [7, 11) is 0. The van der Waals surface area contributed by atoms with Crippen LogP contribution in [0, 0.1) is 5.41 Å². The Morgan fingerprint density at radius 3 is 2.54 bits per heavy atom. The van der Waals surface area contributed by atoms with Crippen LogP contribution in [0.3, 0.4) is 0 Å². The van der Waals surface area contributed by atoms with Crippen molar-refractivity contribution in [3.63, 3.8) is 0 Å². The number of ketones is 1. The summed E-state index contributed by atoms with van der Waals surface area (Å²) < 4.78 is 0.769. The summed E-state index contributed by atoms with van der Waals surface area (Å²) in [5, 5.41) is 9.86. The minimum Gasteiger partial charge on any atom is -0.478 e. The van der Waals surface area contributed by atoms with Gasteiger partial charge in [0.2, 0.25) is 0 Å². The predicted molar refractivity (Wildman–Crippen MR) is 96.5 cm³/mol. The largest absolute Gasteiger partial charge is 0.478 e. The number of aromatic carboxylic acids is 1. The molecule has 0 radical (unpaired) electrons. The van der Waals surface area contributed by atoms with Crippen LogP contribution in [-0.2, 0) is 16.0 Å². The van der Waals surface area contributed by atoms with Crippen molar-refractivity contribution in [3.8, 4) is 0 Å². The molecule has 6 heteroatoms. The molecule has 0 spiro atoms. The number of carbonyl (C=O) groups excluding carboxylic acids is 2. The monoisotopic (exact) mass is 412 g/mol. The molecule has 2 aliphatic carbocycles. The van der Waals surface area contributed by atoms with E-state index >= 15 is 0 Å². The first-order valence-electron chi connectivity index (χ1n) is 7.50. The summed E-state index contributed by atoms with van der Waals surface area (Å²) in [6.07, 6.45) is 2.89. The maximum Gasteiger partial charge on any atom is 0.336 e. The molecule has 128 valence electrons. The van der Waals surface area contributed by atoms with E-state index < -0.39 is 5.97 Å². The molecule has 3 rings (SSSR count). The number of benzene rings is 1. The van der Waals surface area contributed by atoms with Crippen molar-refractivity contribution < 1.29 is 19.5 Å². The maximum atomic E-state index is 11.9. The highest BCUT2D eigenvalue weighted by molar-refractivity contribution is 9.10. The Bertz CT molecular complexity index is 769. The van der Waals surface area contributed by atoms with Crippen molar-refractivity contribution in [1.82, 2.24) is 0 Å². The number of rotatable bonds is 2. The first-order chi connectivity index (χ1) is 11.2. The first kappa shape index (κ1) is 18.9. The second-order valence-electron chi connectivity index (χ2n) is 6.43. The van der Waals surface area contributed by atoms with Crippen molar-refractivity contribution in [2.75, 3.05) is 0 Å². The molecule has 0 aromatic heterocycles. The summed E-state index contributed by atoms with van der Waals surface area (Å²) >= 11 is 9.70. The normalized spacial score (nSPS) is 21.5. The molecule has 1 atom stereocenters. The van der Waals surface area contributed by atoms with E-state index in [1.54, 1.807) is 6.92 Å². The molecule has 0 aliphatic heterocycles. The van der Waals surface area contributed by atoms with Crippen molar-refractivity contribution in [2.24, 2.45) is 5.41 Å². The zero-order chi connectivity index (χ0) is 18.2. The Labute approximate surface area is 154 Å². The highest BCUT2D eigenvalue weighted by atomic mass is 79.9. The molecule has 1 N–H and O–H groups in total. The van der Waals surface area contributed by atoms with Gasteiger partial charge in [0.15, 0.2) is 0 Å². The minimum absolute atomic E-state index is 0.200. The van der Waals surface area contributed by atoms with Crippen molar-refractivity contribution >= 4 is 51.6 Å². The summed E-state index contributed by atoms with van der Waals surface area (Å²) in [5.41, 5.74) is 4.05. The van der Waals surface area contributed by atoms with Crippen LogP contribution < -0.4 is 0 Å². The zero-order valence-electron chi connectivity index (χ0n) is 13.5. The molecule has 4 nitrogen and oxygen atoms in total. The lowest BCUT2D eigenvalue weighted by Gasteiger charge is -2.32. The van der Waals surface area contributed by atoms with Crippen molar-refractivity contribution in [3.05, 3.63) is 37.8 Å². The lowest BCUT2D eigenvalue weighted by Crippen LogP contribution is -2.28. The number of allylic oxidation sites excluding steroid dienone is 2. The van der Waals surface area contributed by atoms with E-state index in [2.05, 4.69) is 15.9 Å². The van der Waals surface area contributed by atoms with E-state index in [4.69, 9.17) is 16.4 Å². The van der Waals surface area contributed by atoms with E-state index in [-0.39, 0.29) is 16.8 Å². The zero-order valence-corrected chi connectivity index (χ0v) is 15.9. The van der Waals surface area contributed by atoms with Gasteiger partial charge in [-0.2, -0.15) is 0 Å². The molecule has 0 fully saturated rings. The van der Waals surface area contributed by atoms with Gasteiger partial charge in [-0.05, 0) is 71.3 Å². The molecule has 0 bridgehead atoms. The summed E-state index contributed by atoms with van der Waals surface area (Å²) in [4.78, 5) is 31.4. The van der Waals surface area contributed by atoms with Gasteiger partial charge in [0.1, 0.15) is 12.6 Å². The Morgan fingerprint density at radius 2 is 2.00 bits per heavy atom. The van der Waals surface area contributed by atoms with Gasteiger partial charge in [-0.15, -0.1) is 0 Å². The Morgan fingerprint density at radius 1 is 1.38 bits per heavy atom. The number of fused-ring (bicyclic) bond motifs is 2. The van der Waals surface area contributed by atoms with E-state index in [0.717, 1.165) is 28.4 Å². The average molecular weight is 414 g/mol. The third-order valence-corrected chi connectivity index (χ3v) is 6.41.